The summed E-state index contributed by atoms with van der Waals surface area (Å²) in [5, 5.41) is 0. The molecule has 0 aliphatic carbocycles. The van der Waals surface area contributed by atoms with E-state index in [-0.39, 0.29) is 5.56 Å². The van der Waals surface area contributed by atoms with Crippen LogP contribution < -0.4 is 4.74 Å². The third-order valence-corrected chi connectivity index (χ3v) is 3.09. The Morgan fingerprint density at radius 1 is 1.30 bits per heavy atom. The number of likely N-dealkylation sites (tertiary alicyclic amines) is 1. The number of carbonyl (C=O) groups excluding carboxylic acids is 1. The van der Waals surface area contributed by atoms with Crippen LogP contribution in [-0.4, -0.2) is 30.3 Å². The van der Waals surface area contributed by atoms with E-state index < -0.39 is 18.0 Å². The van der Waals surface area contributed by atoms with Crippen LogP contribution in [0.3, 0.4) is 0 Å². The summed E-state index contributed by atoms with van der Waals surface area (Å²) in [5.41, 5.74) is 0.490. The minimum absolute atomic E-state index is 0.0818. The summed E-state index contributed by atoms with van der Waals surface area (Å²) in [7, 11) is 0. The monoisotopic (exact) mass is 285 g/mol. The molecule has 1 aromatic rings. The van der Waals surface area contributed by atoms with E-state index in [1.807, 2.05) is 0 Å². The number of amides is 1. The second-order valence-electron chi connectivity index (χ2n) is 4.51. The molecule has 0 spiro atoms. The van der Waals surface area contributed by atoms with Crippen molar-refractivity contribution in [1.29, 1.82) is 0 Å². The van der Waals surface area contributed by atoms with Gasteiger partial charge in [0.25, 0.3) is 5.91 Å². The van der Waals surface area contributed by atoms with Gasteiger partial charge >= 0.3 is 6.36 Å². The third-order valence-electron chi connectivity index (χ3n) is 3.09. The molecular formula is C14H14F3NO2. The van der Waals surface area contributed by atoms with Crippen LogP contribution in [0.15, 0.2) is 24.8 Å². The lowest BCUT2D eigenvalue weighted by Crippen LogP contribution is -2.29. The fourth-order valence-corrected chi connectivity index (χ4v) is 2.15. The van der Waals surface area contributed by atoms with Gasteiger partial charge in [0.2, 0.25) is 0 Å². The number of nitrogens with zero attached hydrogens (tertiary/aromatic N) is 1. The van der Waals surface area contributed by atoms with E-state index in [1.54, 1.807) is 0 Å². The van der Waals surface area contributed by atoms with Crippen LogP contribution in [0.4, 0.5) is 13.2 Å². The Balaban J connectivity index is 2.36. The summed E-state index contributed by atoms with van der Waals surface area (Å²) < 4.78 is 41.1. The molecule has 1 aromatic carbocycles. The molecule has 3 nitrogen and oxygen atoms in total. The van der Waals surface area contributed by atoms with Crippen molar-refractivity contribution in [2.75, 3.05) is 13.1 Å². The molecule has 0 atom stereocenters. The van der Waals surface area contributed by atoms with Gasteiger partial charge in [0, 0.05) is 13.1 Å². The van der Waals surface area contributed by atoms with Gasteiger partial charge in [-0.3, -0.25) is 4.79 Å². The predicted octanol–water partition coefficient (Wildman–Crippen LogP) is 3.46. The molecule has 0 bridgehead atoms. The van der Waals surface area contributed by atoms with Crippen LogP contribution in [0.2, 0.25) is 0 Å². The van der Waals surface area contributed by atoms with Crippen LogP contribution in [0, 0.1) is 0 Å². The molecule has 1 aliphatic heterocycles. The highest BCUT2D eigenvalue weighted by Crippen LogP contribution is 2.29. The zero-order valence-electron chi connectivity index (χ0n) is 10.7. The third kappa shape index (κ3) is 3.31. The largest absolute Gasteiger partial charge is 0.573 e. The van der Waals surface area contributed by atoms with Crippen molar-refractivity contribution in [2.24, 2.45) is 0 Å². The molecule has 0 radical (unpaired) electrons. The first-order valence-electron chi connectivity index (χ1n) is 6.22. The van der Waals surface area contributed by atoms with Crippen molar-refractivity contribution >= 4 is 12.0 Å². The van der Waals surface area contributed by atoms with Crippen LogP contribution in [0.5, 0.6) is 5.75 Å². The van der Waals surface area contributed by atoms with E-state index in [2.05, 4.69) is 11.3 Å². The number of benzene rings is 1. The lowest BCUT2D eigenvalue weighted by Gasteiger charge is -2.19. The summed E-state index contributed by atoms with van der Waals surface area (Å²) in [6.45, 7) is 4.66. The first-order chi connectivity index (χ1) is 9.40. The first-order valence-corrected chi connectivity index (χ1v) is 6.22. The van der Waals surface area contributed by atoms with Crippen LogP contribution in [-0.2, 0) is 0 Å². The zero-order valence-corrected chi connectivity index (χ0v) is 10.7. The van der Waals surface area contributed by atoms with Crippen molar-refractivity contribution in [3.8, 4) is 5.75 Å². The van der Waals surface area contributed by atoms with Gasteiger partial charge in [0.1, 0.15) is 5.75 Å². The summed E-state index contributed by atoms with van der Waals surface area (Å²) in [5.74, 6) is -0.912. The molecule has 1 saturated heterocycles. The Hall–Kier alpha value is -1.98. The van der Waals surface area contributed by atoms with Crippen LogP contribution >= 0.6 is 0 Å². The summed E-state index contributed by atoms with van der Waals surface area (Å²) in [6, 6.07) is 3.94. The lowest BCUT2D eigenvalue weighted by molar-refractivity contribution is -0.274. The number of carbonyl (C=O) groups is 1. The average Bonchev–Trinajstić information content (AvgIpc) is 2.90. The number of rotatable bonds is 3. The molecule has 0 unspecified atom stereocenters. The average molecular weight is 285 g/mol. The van der Waals surface area contributed by atoms with Gasteiger partial charge in [-0.05, 0) is 30.5 Å². The number of halogens is 3. The molecule has 1 amide bonds. The van der Waals surface area contributed by atoms with Gasteiger partial charge in [0.05, 0.1) is 5.56 Å². The van der Waals surface area contributed by atoms with Crippen molar-refractivity contribution in [2.45, 2.75) is 19.2 Å². The molecule has 0 N–H and O–H groups in total. The standard InChI is InChI=1S/C14H14F3NO2/c1-2-10-5-6-12(20-14(15,16)17)11(9-10)13(19)18-7-3-4-8-18/h2,5-6,9H,1,3-4,7-8H2. The number of alkyl halides is 3. The molecule has 20 heavy (non-hydrogen) atoms. The normalized spacial score (nSPS) is 15.2. The van der Waals surface area contributed by atoms with Crippen LogP contribution in [0.25, 0.3) is 6.08 Å². The Bertz CT molecular complexity index is 520. The molecule has 108 valence electrons. The van der Waals surface area contributed by atoms with E-state index in [0.717, 1.165) is 18.9 Å². The molecule has 2 rings (SSSR count). The van der Waals surface area contributed by atoms with Crippen molar-refractivity contribution < 1.29 is 22.7 Å². The summed E-state index contributed by atoms with van der Waals surface area (Å²) >= 11 is 0. The molecule has 1 fully saturated rings. The Morgan fingerprint density at radius 3 is 2.50 bits per heavy atom. The SMILES string of the molecule is C=Cc1ccc(OC(F)(F)F)c(C(=O)N2CCCC2)c1. The van der Waals surface area contributed by atoms with Crippen LogP contribution in [0.1, 0.15) is 28.8 Å². The summed E-state index contributed by atoms with van der Waals surface area (Å²) in [6.07, 6.45) is -1.63. The minimum atomic E-state index is -4.82. The maximum atomic E-state index is 12.4. The van der Waals surface area contributed by atoms with Gasteiger partial charge in [-0.1, -0.05) is 18.7 Å². The van der Waals surface area contributed by atoms with E-state index >= 15 is 0 Å². The fraction of sp³-hybridized carbons (Fsp3) is 0.357. The van der Waals surface area contributed by atoms with Gasteiger partial charge in [0.15, 0.2) is 0 Å². The smallest absolute Gasteiger partial charge is 0.405 e. The van der Waals surface area contributed by atoms with Crippen molar-refractivity contribution in [1.82, 2.24) is 4.90 Å². The van der Waals surface area contributed by atoms with Gasteiger partial charge in [-0.2, -0.15) is 0 Å². The number of hydrogen-bond acceptors (Lipinski definition) is 2. The van der Waals surface area contributed by atoms with E-state index in [1.165, 1.54) is 23.1 Å². The number of hydrogen-bond donors (Lipinski definition) is 0. The van der Waals surface area contributed by atoms with Gasteiger partial charge in [-0.15, -0.1) is 13.2 Å². The highest BCUT2D eigenvalue weighted by molar-refractivity contribution is 5.97. The Morgan fingerprint density at radius 2 is 1.95 bits per heavy atom. The van der Waals surface area contributed by atoms with Gasteiger partial charge in [-0.25, -0.2) is 0 Å². The highest BCUT2D eigenvalue weighted by atomic mass is 19.4. The molecule has 1 heterocycles. The fourth-order valence-electron chi connectivity index (χ4n) is 2.15. The molecule has 0 aromatic heterocycles. The van der Waals surface area contributed by atoms with E-state index in [9.17, 15) is 18.0 Å². The topological polar surface area (TPSA) is 29.5 Å². The molecule has 1 aliphatic rings. The predicted molar refractivity (Wildman–Crippen MR) is 68.4 cm³/mol. The molecule has 6 heteroatoms. The zero-order chi connectivity index (χ0) is 14.8. The molecular weight excluding hydrogens is 271 g/mol. The lowest BCUT2D eigenvalue weighted by atomic mass is 10.1. The quantitative estimate of drug-likeness (QED) is 0.851. The summed E-state index contributed by atoms with van der Waals surface area (Å²) in [4.78, 5) is 13.8. The van der Waals surface area contributed by atoms with Crippen molar-refractivity contribution in [3.05, 3.63) is 35.9 Å². The Kier molecular flexibility index (Phi) is 4.01. The maximum Gasteiger partial charge on any atom is 0.573 e. The van der Waals surface area contributed by atoms with Crippen molar-refractivity contribution in [3.63, 3.8) is 0 Å². The first kappa shape index (κ1) is 14.4. The number of ether oxygens (including phenoxy) is 1. The Labute approximate surface area is 114 Å². The second kappa shape index (κ2) is 5.56. The highest BCUT2D eigenvalue weighted by Gasteiger charge is 2.33. The minimum Gasteiger partial charge on any atom is -0.405 e. The van der Waals surface area contributed by atoms with E-state index in [0.29, 0.717) is 18.7 Å². The van der Waals surface area contributed by atoms with Gasteiger partial charge < -0.3 is 9.64 Å². The second-order valence-corrected chi connectivity index (χ2v) is 4.51. The molecule has 0 saturated carbocycles. The van der Waals surface area contributed by atoms with E-state index in [4.69, 9.17) is 0 Å². The maximum absolute atomic E-state index is 12.4.